The van der Waals surface area contributed by atoms with Crippen molar-refractivity contribution >= 4 is 15.5 Å². The Morgan fingerprint density at radius 1 is 1.10 bits per heavy atom. The number of fused-ring (bicyclic) bond motifs is 1. The summed E-state index contributed by atoms with van der Waals surface area (Å²) in [6.07, 6.45) is 6.86. The van der Waals surface area contributed by atoms with Crippen molar-refractivity contribution in [1.29, 1.82) is 0 Å². The summed E-state index contributed by atoms with van der Waals surface area (Å²) in [5.41, 5.74) is 3.89. The van der Waals surface area contributed by atoms with Crippen molar-refractivity contribution in [2.45, 2.75) is 81.7 Å². The largest absolute Gasteiger partial charge is 0.310 e. The van der Waals surface area contributed by atoms with Gasteiger partial charge in [0, 0.05) is 29.5 Å². The fourth-order valence-electron chi connectivity index (χ4n) is 4.42. The van der Waals surface area contributed by atoms with Gasteiger partial charge in [-0.15, -0.1) is 0 Å². The molecule has 0 atom stereocenters. The summed E-state index contributed by atoms with van der Waals surface area (Å²) in [7, 11) is -3.70. The molecule has 1 N–H and O–H groups in total. The van der Waals surface area contributed by atoms with E-state index in [1.807, 2.05) is 26.8 Å². The highest BCUT2D eigenvalue weighted by Crippen LogP contribution is 2.29. The number of hydrogen-bond donors (Lipinski definition) is 1. The van der Waals surface area contributed by atoms with Crippen LogP contribution >= 0.6 is 0 Å². The van der Waals surface area contributed by atoms with Crippen LogP contribution in [0.3, 0.4) is 0 Å². The minimum Gasteiger partial charge on any atom is -0.310 e. The number of sulfone groups is 1. The predicted octanol–water partition coefficient (Wildman–Crippen LogP) is 4.16. The maximum absolute atomic E-state index is 13.4. The fourth-order valence-corrected chi connectivity index (χ4v) is 6.04. The molecule has 1 aliphatic carbocycles. The van der Waals surface area contributed by atoms with Gasteiger partial charge >= 0.3 is 0 Å². The minimum atomic E-state index is -3.70. The normalized spacial score (nSPS) is 15.7. The monoisotopic (exact) mass is 426 g/mol. The lowest BCUT2D eigenvalue weighted by atomic mass is 9.95. The van der Waals surface area contributed by atoms with Gasteiger partial charge in [-0.2, -0.15) is 5.10 Å². The van der Waals surface area contributed by atoms with E-state index in [9.17, 15) is 8.42 Å². The summed E-state index contributed by atoms with van der Waals surface area (Å²) in [6.45, 7) is 6.63. The summed E-state index contributed by atoms with van der Waals surface area (Å²) in [5.74, 6) is 0. The number of rotatable bonds is 6. The first-order valence-corrected chi connectivity index (χ1v) is 12.3. The van der Waals surface area contributed by atoms with E-state index in [4.69, 9.17) is 4.98 Å². The van der Waals surface area contributed by atoms with Crippen LogP contribution in [0, 0.1) is 13.8 Å². The maximum atomic E-state index is 13.4. The molecule has 1 aliphatic rings. The van der Waals surface area contributed by atoms with Gasteiger partial charge in [-0.3, -0.25) is 0 Å². The number of hydrogen-bond acceptors (Lipinski definition) is 5. The second kappa shape index (κ2) is 8.47. The van der Waals surface area contributed by atoms with E-state index in [2.05, 4.69) is 10.4 Å². The Morgan fingerprint density at radius 3 is 2.47 bits per heavy atom. The van der Waals surface area contributed by atoms with Gasteiger partial charge in [-0.1, -0.05) is 44.4 Å². The molecule has 160 valence electrons. The molecule has 0 bridgehead atoms. The van der Waals surface area contributed by atoms with Gasteiger partial charge < -0.3 is 5.32 Å². The molecular weight excluding hydrogens is 396 g/mol. The number of benzene rings is 1. The van der Waals surface area contributed by atoms with E-state index < -0.39 is 9.84 Å². The average molecular weight is 427 g/mol. The van der Waals surface area contributed by atoms with E-state index in [0.717, 1.165) is 23.5 Å². The third-order valence-electron chi connectivity index (χ3n) is 6.18. The molecule has 4 rings (SSSR count). The molecule has 3 aromatic rings. The summed E-state index contributed by atoms with van der Waals surface area (Å²) in [4.78, 5) is 5.25. The first kappa shape index (κ1) is 21.0. The highest BCUT2D eigenvalue weighted by molar-refractivity contribution is 7.91. The number of aryl methyl sites for hydroxylation is 3. The summed E-state index contributed by atoms with van der Waals surface area (Å²) >= 11 is 0. The standard InChI is InChI=1S/C23H30N4O2S/c1-4-21-22(30(28,29)19-13-9-6-10-14-19)23-25-16(2)20(17(3)27(23)26-21)15-24-18-11-7-5-8-12-18/h6,9-10,13-14,18,24H,4-5,7-8,11-12,15H2,1-3H3. The van der Waals surface area contributed by atoms with E-state index in [0.29, 0.717) is 23.8 Å². The minimum absolute atomic E-state index is 0.231. The first-order chi connectivity index (χ1) is 14.4. The van der Waals surface area contributed by atoms with Crippen LogP contribution in [0.5, 0.6) is 0 Å². The highest BCUT2D eigenvalue weighted by Gasteiger charge is 2.29. The van der Waals surface area contributed by atoms with Gasteiger partial charge in [-0.05, 0) is 45.2 Å². The zero-order chi connectivity index (χ0) is 21.3. The molecule has 30 heavy (non-hydrogen) atoms. The van der Waals surface area contributed by atoms with Gasteiger partial charge in [0.2, 0.25) is 9.84 Å². The van der Waals surface area contributed by atoms with Gasteiger partial charge in [0.05, 0.1) is 10.6 Å². The molecule has 0 aliphatic heterocycles. The molecule has 1 aromatic carbocycles. The quantitative estimate of drug-likeness (QED) is 0.640. The van der Waals surface area contributed by atoms with E-state index in [-0.39, 0.29) is 9.79 Å². The smallest absolute Gasteiger partial charge is 0.212 e. The molecule has 2 aromatic heterocycles. The molecule has 0 spiro atoms. The first-order valence-electron chi connectivity index (χ1n) is 10.8. The lowest BCUT2D eigenvalue weighted by molar-refractivity contribution is 0.371. The summed E-state index contributed by atoms with van der Waals surface area (Å²) in [5, 5.41) is 8.34. The Morgan fingerprint density at radius 2 is 1.80 bits per heavy atom. The summed E-state index contributed by atoms with van der Waals surface area (Å²) in [6, 6.07) is 9.09. The number of nitrogens with zero attached hydrogens (tertiary/aromatic N) is 3. The topological polar surface area (TPSA) is 76.4 Å². The van der Waals surface area contributed by atoms with Crippen LogP contribution in [-0.2, 0) is 22.8 Å². The van der Waals surface area contributed by atoms with Crippen LogP contribution in [0.25, 0.3) is 5.65 Å². The molecule has 2 heterocycles. The van der Waals surface area contributed by atoms with E-state index in [1.54, 1.807) is 28.8 Å². The SMILES string of the molecule is CCc1nn2c(C)c(CNC3CCCCC3)c(C)nc2c1S(=O)(=O)c1ccccc1. The second-order valence-electron chi connectivity index (χ2n) is 8.16. The van der Waals surface area contributed by atoms with Crippen molar-refractivity contribution in [3.63, 3.8) is 0 Å². The molecule has 1 fully saturated rings. The molecule has 6 nitrogen and oxygen atoms in total. The third kappa shape index (κ3) is 3.76. The molecular formula is C23H30N4O2S. The van der Waals surface area contributed by atoms with Crippen LogP contribution in [0.15, 0.2) is 40.1 Å². The van der Waals surface area contributed by atoms with Gasteiger partial charge in [-0.25, -0.2) is 17.9 Å². The van der Waals surface area contributed by atoms with E-state index in [1.165, 1.54) is 32.1 Å². The number of nitrogens with one attached hydrogen (secondary N) is 1. The Kier molecular flexibility index (Phi) is 5.93. The maximum Gasteiger partial charge on any atom is 0.212 e. The van der Waals surface area contributed by atoms with Crippen molar-refractivity contribution < 1.29 is 8.42 Å². The van der Waals surface area contributed by atoms with Crippen LogP contribution in [0.2, 0.25) is 0 Å². The lowest BCUT2D eigenvalue weighted by Gasteiger charge is -2.23. The van der Waals surface area contributed by atoms with Gasteiger partial charge in [0.25, 0.3) is 0 Å². The Hall–Kier alpha value is -2.25. The second-order valence-corrected chi connectivity index (χ2v) is 10.0. The number of aromatic nitrogens is 3. The highest BCUT2D eigenvalue weighted by atomic mass is 32.2. The molecule has 7 heteroatoms. The van der Waals surface area contributed by atoms with Crippen LogP contribution < -0.4 is 5.32 Å². The molecule has 0 unspecified atom stereocenters. The lowest BCUT2D eigenvalue weighted by Crippen LogP contribution is -2.31. The predicted molar refractivity (Wildman–Crippen MR) is 117 cm³/mol. The molecule has 0 radical (unpaired) electrons. The van der Waals surface area contributed by atoms with Crippen molar-refractivity contribution in [1.82, 2.24) is 19.9 Å². The molecule has 1 saturated carbocycles. The van der Waals surface area contributed by atoms with Crippen molar-refractivity contribution in [3.8, 4) is 0 Å². The Balaban J connectivity index is 1.78. The zero-order valence-corrected chi connectivity index (χ0v) is 18.8. The van der Waals surface area contributed by atoms with Gasteiger partial charge in [0.15, 0.2) is 5.65 Å². The van der Waals surface area contributed by atoms with Crippen molar-refractivity contribution in [2.24, 2.45) is 0 Å². The van der Waals surface area contributed by atoms with Crippen LogP contribution in [0.4, 0.5) is 0 Å². The summed E-state index contributed by atoms with van der Waals surface area (Å²) < 4.78 is 28.6. The Labute approximate surface area is 178 Å². The van der Waals surface area contributed by atoms with Crippen LogP contribution in [0.1, 0.15) is 61.7 Å². The van der Waals surface area contributed by atoms with E-state index >= 15 is 0 Å². The zero-order valence-electron chi connectivity index (χ0n) is 18.0. The van der Waals surface area contributed by atoms with Crippen molar-refractivity contribution in [2.75, 3.05) is 0 Å². The average Bonchev–Trinajstić information content (AvgIpc) is 3.14. The molecule has 0 amide bonds. The van der Waals surface area contributed by atoms with Crippen LogP contribution in [-0.4, -0.2) is 29.1 Å². The third-order valence-corrected chi connectivity index (χ3v) is 8.03. The van der Waals surface area contributed by atoms with Crippen molar-refractivity contribution in [3.05, 3.63) is 53.0 Å². The van der Waals surface area contributed by atoms with Gasteiger partial charge in [0.1, 0.15) is 4.90 Å². The molecule has 0 saturated heterocycles. The Bertz CT molecular complexity index is 1150. The fraction of sp³-hybridized carbons (Fsp3) is 0.478.